The molecule has 1 N–H and O–H groups in total. The van der Waals surface area contributed by atoms with Crippen molar-refractivity contribution >= 4 is 49.4 Å². The molecule has 0 saturated carbocycles. The van der Waals surface area contributed by atoms with Crippen LogP contribution in [0.3, 0.4) is 0 Å². The lowest BCUT2D eigenvalue weighted by Crippen LogP contribution is -2.51. The topological polar surface area (TPSA) is 49.4 Å². The van der Waals surface area contributed by atoms with Gasteiger partial charge < -0.3 is 4.90 Å². The number of piperazine rings is 1. The second-order valence-electron chi connectivity index (χ2n) is 3.42. The highest BCUT2D eigenvalue weighted by atomic mass is 79.9. The predicted molar refractivity (Wildman–Crippen MR) is 67.2 cm³/mol. The van der Waals surface area contributed by atoms with Crippen LogP contribution in [0.1, 0.15) is 0 Å². The van der Waals surface area contributed by atoms with E-state index in [0.717, 1.165) is 14.6 Å². The molecule has 16 heavy (non-hydrogen) atoms. The van der Waals surface area contributed by atoms with E-state index >= 15 is 0 Å². The second-order valence-corrected chi connectivity index (χ2v) is 5.19. The SMILES string of the molecule is O=C1CN(c2ccc(Br)cc2Br)CC(=O)N1. The van der Waals surface area contributed by atoms with Gasteiger partial charge in [0.2, 0.25) is 11.8 Å². The first-order valence-electron chi connectivity index (χ1n) is 4.59. The van der Waals surface area contributed by atoms with Crippen molar-refractivity contribution in [3.8, 4) is 0 Å². The Morgan fingerprint density at radius 1 is 1.12 bits per heavy atom. The molecule has 2 amide bonds. The molecule has 0 atom stereocenters. The van der Waals surface area contributed by atoms with Gasteiger partial charge in [0.1, 0.15) is 0 Å². The molecule has 1 aliphatic heterocycles. The highest BCUT2D eigenvalue weighted by molar-refractivity contribution is 9.11. The molecule has 0 bridgehead atoms. The van der Waals surface area contributed by atoms with Gasteiger partial charge in [-0.15, -0.1) is 0 Å². The minimum atomic E-state index is -0.272. The summed E-state index contributed by atoms with van der Waals surface area (Å²) in [6.07, 6.45) is 0. The molecule has 84 valence electrons. The fraction of sp³-hybridized carbons (Fsp3) is 0.200. The van der Waals surface area contributed by atoms with E-state index in [9.17, 15) is 9.59 Å². The van der Waals surface area contributed by atoms with Crippen LogP contribution in [0.2, 0.25) is 0 Å². The third-order valence-corrected chi connectivity index (χ3v) is 3.33. The summed E-state index contributed by atoms with van der Waals surface area (Å²) in [4.78, 5) is 24.2. The van der Waals surface area contributed by atoms with Crippen molar-refractivity contribution in [2.24, 2.45) is 0 Å². The highest BCUT2D eigenvalue weighted by Crippen LogP contribution is 2.29. The number of nitrogens with zero attached hydrogens (tertiary/aromatic N) is 1. The normalized spacial score (nSPS) is 16.2. The van der Waals surface area contributed by atoms with Gasteiger partial charge >= 0.3 is 0 Å². The number of amides is 2. The number of benzene rings is 1. The molecule has 6 heteroatoms. The van der Waals surface area contributed by atoms with E-state index in [-0.39, 0.29) is 24.9 Å². The second kappa shape index (κ2) is 4.55. The first kappa shape index (κ1) is 11.6. The van der Waals surface area contributed by atoms with Crippen molar-refractivity contribution in [3.63, 3.8) is 0 Å². The van der Waals surface area contributed by atoms with E-state index in [1.54, 1.807) is 4.90 Å². The van der Waals surface area contributed by atoms with Crippen LogP contribution in [0.4, 0.5) is 5.69 Å². The molecule has 0 unspecified atom stereocenters. The predicted octanol–water partition coefficient (Wildman–Crippen LogP) is 1.67. The van der Waals surface area contributed by atoms with Gasteiger partial charge in [0.05, 0.1) is 18.8 Å². The molecule has 1 aromatic carbocycles. The molecular weight excluding hydrogens is 340 g/mol. The number of halogens is 2. The first-order chi connectivity index (χ1) is 7.56. The number of hydrogen-bond donors (Lipinski definition) is 1. The maximum Gasteiger partial charge on any atom is 0.246 e. The molecule has 4 nitrogen and oxygen atoms in total. The molecule has 1 saturated heterocycles. The lowest BCUT2D eigenvalue weighted by Gasteiger charge is -2.28. The summed E-state index contributed by atoms with van der Waals surface area (Å²) in [6.45, 7) is 0.401. The maximum absolute atomic E-state index is 11.2. The first-order valence-corrected chi connectivity index (χ1v) is 6.17. The average molecular weight is 348 g/mol. The smallest absolute Gasteiger partial charge is 0.246 e. The standard InChI is InChI=1S/C10H8Br2N2O2/c11-6-1-2-8(7(12)3-6)14-4-9(15)13-10(16)5-14/h1-3H,4-5H2,(H,13,15,16). The Labute approximate surface area is 109 Å². The molecular formula is C10H8Br2N2O2. The summed E-state index contributed by atoms with van der Waals surface area (Å²) < 4.78 is 1.79. The Morgan fingerprint density at radius 3 is 2.31 bits per heavy atom. The van der Waals surface area contributed by atoms with Crippen LogP contribution in [-0.2, 0) is 9.59 Å². The van der Waals surface area contributed by atoms with Crippen molar-refractivity contribution in [2.75, 3.05) is 18.0 Å². The molecule has 0 aliphatic carbocycles. The molecule has 0 radical (unpaired) electrons. The van der Waals surface area contributed by atoms with Gasteiger partial charge in [-0.05, 0) is 34.1 Å². The van der Waals surface area contributed by atoms with E-state index in [0.29, 0.717) is 0 Å². The number of anilines is 1. The van der Waals surface area contributed by atoms with Crippen molar-refractivity contribution in [1.29, 1.82) is 0 Å². The number of nitrogens with one attached hydrogen (secondary N) is 1. The van der Waals surface area contributed by atoms with Gasteiger partial charge in [0, 0.05) is 8.95 Å². The maximum atomic E-state index is 11.2. The molecule has 1 fully saturated rings. The van der Waals surface area contributed by atoms with Crippen LogP contribution in [0, 0.1) is 0 Å². The van der Waals surface area contributed by atoms with Crippen LogP contribution in [0.5, 0.6) is 0 Å². The minimum absolute atomic E-state index is 0.200. The Bertz CT molecular complexity index is 446. The molecule has 2 rings (SSSR count). The van der Waals surface area contributed by atoms with E-state index < -0.39 is 0 Å². The summed E-state index contributed by atoms with van der Waals surface area (Å²) in [7, 11) is 0. The molecule has 0 aromatic heterocycles. The van der Waals surface area contributed by atoms with Crippen LogP contribution in [0.15, 0.2) is 27.1 Å². The molecule has 1 aliphatic rings. The Morgan fingerprint density at radius 2 is 1.75 bits per heavy atom. The zero-order chi connectivity index (χ0) is 11.7. The van der Waals surface area contributed by atoms with Gasteiger partial charge in [0.15, 0.2) is 0 Å². The molecule has 0 spiro atoms. The van der Waals surface area contributed by atoms with Crippen molar-refractivity contribution in [3.05, 3.63) is 27.1 Å². The van der Waals surface area contributed by atoms with Gasteiger partial charge in [0.25, 0.3) is 0 Å². The van der Waals surface area contributed by atoms with E-state index in [2.05, 4.69) is 37.2 Å². The number of carbonyl (C=O) groups excluding carboxylic acids is 2. The Kier molecular flexibility index (Phi) is 3.30. The largest absolute Gasteiger partial charge is 0.352 e. The zero-order valence-electron chi connectivity index (χ0n) is 8.17. The van der Waals surface area contributed by atoms with Crippen molar-refractivity contribution < 1.29 is 9.59 Å². The van der Waals surface area contributed by atoms with Crippen LogP contribution in [0.25, 0.3) is 0 Å². The van der Waals surface area contributed by atoms with Crippen molar-refractivity contribution in [2.45, 2.75) is 0 Å². The van der Waals surface area contributed by atoms with Crippen LogP contribution >= 0.6 is 31.9 Å². The third kappa shape index (κ3) is 2.44. The lowest BCUT2D eigenvalue weighted by atomic mass is 10.2. The summed E-state index contributed by atoms with van der Waals surface area (Å²) in [6, 6.07) is 5.61. The van der Waals surface area contributed by atoms with E-state index in [1.165, 1.54) is 0 Å². The van der Waals surface area contributed by atoms with Gasteiger partial charge in [-0.2, -0.15) is 0 Å². The quantitative estimate of drug-likeness (QED) is 0.786. The lowest BCUT2D eigenvalue weighted by molar-refractivity contribution is -0.130. The van der Waals surface area contributed by atoms with E-state index in [4.69, 9.17) is 0 Å². The third-order valence-electron chi connectivity index (χ3n) is 2.20. The number of carbonyl (C=O) groups is 2. The number of imide groups is 1. The minimum Gasteiger partial charge on any atom is -0.352 e. The Hall–Kier alpha value is -0.880. The van der Waals surface area contributed by atoms with E-state index in [1.807, 2.05) is 18.2 Å². The number of rotatable bonds is 1. The summed E-state index contributed by atoms with van der Waals surface area (Å²) >= 11 is 6.76. The van der Waals surface area contributed by atoms with Crippen LogP contribution in [-0.4, -0.2) is 24.9 Å². The van der Waals surface area contributed by atoms with Gasteiger partial charge in [-0.25, -0.2) is 0 Å². The highest BCUT2D eigenvalue weighted by Gasteiger charge is 2.23. The summed E-state index contributed by atoms with van der Waals surface area (Å²) in [5, 5.41) is 2.27. The zero-order valence-corrected chi connectivity index (χ0v) is 11.3. The monoisotopic (exact) mass is 346 g/mol. The molecule has 1 aromatic rings. The van der Waals surface area contributed by atoms with Gasteiger partial charge in [-0.1, -0.05) is 15.9 Å². The average Bonchev–Trinajstić information content (AvgIpc) is 2.15. The van der Waals surface area contributed by atoms with Gasteiger partial charge in [-0.3, -0.25) is 14.9 Å². The summed E-state index contributed by atoms with van der Waals surface area (Å²) in [5.41, 5.74) is 0.839. The fourth-order valence-corrected chi connectivity index (χ4v) is 2.84. The van der Waals surface area contributed by atoms with Crippen molar-refractivity contribution in [1.82, 2.24) is 5.32 Å². The molecule has 1 heterocycles. The fourth-order valence-electron chi connectivity index (χ4n) is 1.55. The number of hydrogen-bond acceptors (Lipinski definition) is 3. The van der Waals surface area contributed by atoms with Crippen LogP contribution < -0.4 is 10.2 Å². The summed E-state index contributed by atoms with van der Waals surface area (Å²) in [5.74, 6) is -0.544. The Balaban J connectivity index is 2.29.